The first-order valence-electron chi connectivity index (χ1n) is 9.05. The summed E-state index contributed by atoms with van der Waals surface area (Å²) in [4.78, 5) is 4.68. The van der Waals surface area contributed by atoms with E-state index < -0.39 is 0 Å². The van der Waals surface area contributed by atoms with Crippen molar-refractivity contribution in [2.24, 2.45) is 10.9 Å². The Hall–Kier alpha value is -0.460. The lowest BCUT2D eigenvalue weighted by atomic mass is 10.1. The number of hydrogen-bond acceptors (Lipinski definition) is 4. The summed E-state index contributed by atoms with van der Waals surface area (Å²) >= 11 is 1.99. The second-order valence-corrected chi connectivity index (χ2v) is 7.57. The quantitative estimate of drug-likeness (QED) is 0.382. The third-order valence-corrected chi connectivity index (χ3v) is 5.59. The minimum Gasteiger partial charge on any atom is -0.381 e. The summed E-state index contributed by atoms with van der Waals surface area (Å²) in [5, 5.41) is 7.75. The topological polar surface area (TPSA) is 54.9 Å². The fraction of sp³-hybridized carbons (Fsp3) is 0.941. The van der Waals surface area contributed by atoms with Crippen molar-refractivity contribution in [1.29, 1.82) is 0 Å². The van der Waals surface area contributed by atoms with Crippen LogP contribution in [0.3, 0.4) is 0 Å². The second kappa shape index (κ2) is 11.2. The number of hydrogen-bond donors (Lipinski definition) is 2. The van der Waals surface area contributed by atoms with E-state index in [1.165, 1.54) is 19.3 Å². The number of nitrogens with one attached hydrogen (secondary N) is 2. The van der Waals surface area contributed by atoms with Crippen molar-refractivity contribution < 1.29 is 9.47 Å². The van der Waals surface area contributed by atoms with Gasteiger partial charge >= 0.3 is 0 Å². The predicted molar refractivity (Wildman–Crippen MR) is 98.4 cm³/mol. The summed E-state index contributed by atoms with van der Waals surface area (Å²) in [6, 6.07) is 0.573. The summed E-state index contributed by atoms with van der Waals surface area (Å²) in [5.74, 6) is 1.56. The molecular weight excluding hydrogens is 310 g/mol. The number of nitrogens with zero attached hydrogens (tertiary/aromatic N) is 1. The standard InChI is InChI=1S/C17H33N3O2S/c1-3-18-17(20-15-5-6-16(11-15)23-2)19-8-4-9-21-12-14-7-10-22-13-14/h14-16H,3-13H2,1-2H3,(H2,18,19,20). The average molecular weight is 344 g/mol. The molecule has 3 atom stereocenters. The molecule has 1 aliphatic carbocycles. The molecule has 6 heteroatoms. The van der Waals surface area contributed by atoms with Gasteiger partial charge in [0.2, 0.25) is 0 Å². The summed E-state index contributed by atoms with van der Waals surface area (Å²) in [6.45, 7) is 7.22. The zero-order valence-corrected chi connectivity index (χ0v) is 15.5. The molecule has 0 radical (unpaired) electrons. The van der Waals surface area contributed by atoms with Crippen molar-refractivity contribution in [3.63, 3.8) is 0 Å². The van der Waals surface area contributed by atoms with Gasteiger partial charge in [0.25, 0.3) is 0 Å². The Morgan fingerprint density at radius 3 is 2.96 bits per heavy atom. The maximum absolute atomic E-state index is 5.73. The Morgan fingerprint density at radius 1 is 1.35 bits per heavy atom. The molecule has 23 heavy (non-hydrogen) atoms. The van der Waals surface area contributed by atoms with Gasteiger partial charge in [-0.25, -0.2) is 0 Å². The van der Waals surface area contributed by atoms with Crippen molar-refractivity contribution in [3.8, 4) is 0 Å². The summed E-state index contributed by atoms with van der Waals surface area (Å²) in [6.07, 6.45) is 8.15. The van der Waals surface area contributed by atoms with Crippen LogP contribution in [0.1, 0.15) is 39.0 Å². The Bertz CT molecular complexity index is 349. The number of ether oxygens (including phenoxy) is 2. The zero-order chi connectivity index (χ0) is 16.3. The van der Waals surface area contributed by atoms with Crippen LogP contribution in [0.5, 0.6) is 0 Å². The van der Waals surface area contributed by atoms with E-state index in [1.54, 1.807) is 0 Å². The van der Waals surface area contributed by atoms with Gasteiger partial charge in [-0.3, -0.25) is 4.99 Å². The van der Waals surface area contributed by atoms with Gasteiger partial charge in [-0.15, -0.1) is 0 Å². The van der Waals surface area contributed by atoms with Crippen LogP contribution in [0.25, 0.3) is 0 Å². The van der Waals surface area contributed by atoms with Crippen molar-refractivity contribution in [1.82, 2.24) is 10.6 Å². The lowest BCUT2D eigenvalue weighted by Crippen LogP contribution is -2.42. The number of guanidine groups is 1. The van der Waals surface area contributed by atoms with E-state index in [-0.39, 0.29) is 0 Å². The molecule has 1 saturated carbocycles. The maximum atomic E-state index is 5.73. The average Bonchev–Trinajstić information content (AvgIpc) is 3.22. The van der Waals surface area contributed by atoms with Crippen LogP contribution in [0.15, 0.2) is 4.99 Å². The first kappa shape index (κ1) is 18.9. The largest absolute Gasteiger partial charge is 0.381 e. The van der Waals surface area contributed by atoms with Crippen molar-refractivity contribution in [2.75, 3.05) is 45.8 Å². The molecule has 3 unspecified atom stereocenters. The first-order valence-corrected chi connectivity index (χ1v) is 10.3. The van der Waals surface area contributed by atoms with E-state index in [0.29, 0.717) is 12.0 Å². The third kappa shape index (κ3) is 7.31. The second-order valence-electron chi connectivity index (χ2n) is 6.43. The molecule has 0 aromatic heterocycles. The molecule has 1 aliphatic heterocycles. The molecule has 134 valence electrons. The molecular formula is C17H33N3O2S. The fourth-order valence-corrected chi connectivity index (χ4v) is 3.92. The first-order chi connectivity index (χ1) is 11.3. The molecule has 2 N–H and O–H groups in total. The Morgan fingerprint density at radius 2 is 2.26 bits per heavy atom. The van der Waals surface area contributed by atoms with E-state index in [2.05, 4.69) is 28.8 Å². The monoisotopic (exact) mass is 343 g/mol. The lowest BCUT2D eigenvalue weighted by Gasteiger charge is -2.17. The summed E-state index contributed by atoms with van der Waals surface area (Å²) in [5.41, 5.74) is 0. The maximum Gasteiger partial charge on any atom is 0.191 e. The zero-order valence-electron chi connectivity index (χ0n) is 14.7. The van der Waals surface area contributed by atoms with Gasteiger partial charge in [-0.2, -0.15) is 11.8 Å². The molecule has 2 rings (SSSR count). The molecule has 0 aromatic rings. The molecule has 5 nitrogen and oxygen atoms in total. The van der Waals surface area contributed by atoms with Crippen molar-refractivity contribution in [3.05, 3.63) is 0 Å². The van der Waals surface area contributed by atoms with Crippen LogP contribution in [-0.2, 0) is 9.47 Å². The highest BCUT2D eigenvalue weighted by Crippen LogP contribution is 2.27. The third-order valence-electron chi connectivity index (χ3n) is 4.50. The van der Waals surface area contributed by atoms with E-state index in [4.69, 9.17) is 9.47 Å². The molecule has 1 saturated heterocycles. The normalized spacial score (nSPS) is 28.3. The molecule has 0 spiro atoms. The Kier molecular flexibility index (Phi) is 9.15. The minimum atomic E-state index is 0.573. The SMILES string of the molecule is CCNC(=NCCCOCC1CCOC1)NC1CCC(SC)C1. The van der Waals surface area contributed by atoms with Crippen molar-refractivity contribution >= 4 is 17.7 Å². The predicted octanol–water partition coefficient (Wildman–Crippen LogP) is 2.27. The molecule has 1 heterocycles. The minimum absolute atomic E-state index is 0.573. The van der Waals surface area contributed by atoms with Crippen LogP contribution in [0.4, 0.5) is 0 Å². The Balaban J connectivity index is 1.59. The molecule has 2 aliphatic rings. The highest BCUT2D eigenvalue weighted by molar-refractivity contribution is 7.99. The number of thioether (sulfide) groups is 1. The van der Waals surface area contributed by atoms with Gasteiger partial charge in [0.1, 0.15) is 0 Å². The molecule has 0 aromatic carbocycles. The van der Waals surface area contributed by atoms with Crippen LogP contribution in [0, 0.1) is 5.92 Å². The van der Waals surface area contributed by atoms with E-state index >= 15 is 0 Å². The molecule has 2 fully saturated rings. The van der Waals surface area contributed by atoms with Gasteiger partial charge in [0.05, 0.1) is 13.2 Å². The van der Waals surface area contributed by atoms with E-state index in [1.807, 2.05) is 11.8 Å². The van der Waals surface area contributed by atoms with Crippen molar-refractivity contribution in [2.45, 2.75) is 50.3 Å². The molecule has 0 amide bonds. The van der Waals surface area contributed by atoms with Gasteiger partial charge in [0, 0.05) is 43.5 Å². The van der Waals surface area contributed by atoms with Crippen LogP contribution >= 0.6 is 11.8 Å². The highest BCUT2D eigenvalue weighted by atomic mass is 32.2. The van der Waals surface area contributed by atoms with Crippen LogP contribution < -0.4 is 10.6 Å². The Labute approximate surface area is 145 Å². The lowest BCUT2D eigenvalue weighted by molar-refractivity contribution is 0.0893. The number of rotatable bonds is 9. The smallest absolute Gasteiger partial charge is 0.191 e. The summed E-state index contributed by atoms with van der Waals surface area (Å²) < 4.78 is 11.1. The van der Waals surface area contributed by atoms with Gasteiger partial charge in [-0.05, 0) is 45.3 Å². The van der Waals surface area contributed by atoms with Gasteiger partial charge < -0.3 is 20.1 Å². The highest BCUT2D eigenvalue weighted by Gasteiger charge is 2.24. The van der Waals surface area contributed by atoms with E-state index in [0.717, 1.165) is 63.6 Å². The summed E-state index contributed by atoms with van der Waals surface area (Å²) in [7, 11) is 0. The van der Waals surface area contributed by atoms with Crippen LogP contribution in [-0.4, -0.2) is 63.0 Å². The number of aliphatic imine (C=N–C) groups is 1. The van der Waals surface area contributed by atoms with E-state index in [9.17, 15) is 0 Å². The van der Waals surface area contributed by atoms with Gasteiger partial charge in [-0.1, -0.05) is 0 Å². The van der Waals surface area contributed by atoms with Crippen LogP contribution in [0.2, 0.25) is 0 Å². The fourth-order valence-electron chi connectivity index (χ4n) is 3.12. The van der Waals surface area contributed by atoms with Gasteiger partial charge in [0.15, 0.2) is 5.96 Å². The molecule has 0 bridgehead atoms.